The van der Waals surface area contributed by atoms with Crippen LogP contribution in [0.2, 0.25) is 0 Å². The van der Waals surface area contributed by atoms with E-state index in [0.717, 1.165) is 12.8 Å². The molecule has 0 heterocycles. The molecule has 0 radical (unpaired) electrons. The maximum Gasteiger partial charge on any atom is 0.319 e. The smallest absolute Gasteiger partial charge is 0.319 e. The summed E-state index contributed by atoms with van der Waals surface area (Å²) in [6, 6.07) is 0.296. The van der Waals surface area contributed by atoms with E-state index in [1.807, 2.05) is 0 Å². The van der Waals surface area contributed by atoms with E-state index in [1.54, 1.807) is 0 Å². The average Bonchev–Trinajstić information content (AvgIpc) is 2.38. The number of hydrogen-bond donors (Lipinski definition) is 3. The number of carbonyl (C=O) groups is 1. The Morgan fingerprint density at radius 1 is 1.15 bits per heavy atom. The van der Waals surface area contributed by atoms with Crippen molar-refractivity contribution in [1.29, 1.82) is 0 Å². The van der Waals surface area contributed by atoms with Crippen molar-refractivity contribution in [2.45, 2.75) is 37.8 Å². The highest BCUT2D eigenvalue weighted by Crippen LogP contribution is 2.19. The zero-order valence-electron chi connectivity index (χ0n) is 10.6. The van der Waals surface area contributed by atoms with E-state index in [0.29, 0.717) is 25.0 Å². The van der Waals surface area contributed by atoms with Gasteiger partial charge in [0.2, 0.25) is 0 Å². The topological polar surface area (TPSA) is 61.4 Å². The van der Waals surface area contributed by atoms with E-state index in [2.05, 4.69) is 10.6 Å². The predicted octanol–water partition coefficient (Wildman–Crippen LogP) is 2.53. The molecule has 3 N–H and O–H groups in total. The summed E-state index contributed by atoms with van der Waals surface area (Å²) < 4.78 is 38.7. The van der Waals surface area contributed by atoms with Crippen molar-refractivity contribution in [3.63, 3.8) is 0 Å². The van der Waals surface area contributed by atoms with Crippen LogP contribution in [0.5, 0.6) is 0 Å². The minimum Gasteiger partial charge on any atom is -0.391 e. The van der Waals surface area contributed by atoms with Crippen molar-refractivity contribution in [3.8, 4) is 0 Å². The summed E-state index contributed by atoms with van der Waals surface area (Å²) in [6.45, 7) is 0. The first kappa shape index (κ1) is 14.6. The van der Waals surface area contributed by atoms with Gasteiger partial charge in [0.15, 0.2) is 17.5 Å². The number of aliphatic hydroxyl groups is 1. The molecule has 0 saturated heterocycles. The van der Waals surface area contributed by atoms with Crippen LogP contribution in [-0.2, 0) is 0 Å². The van der Waals surface area contributed by atoms with Crippen molar-refractivity contribution in [2.75, 3.05) is 5.32 Å². The number of carbonyl (C=O) groups excluding carboxylic acids is 1. The van der Waals surface area contributed by atoms with Gasteiger partial charge in [0.05, 0.1) is 12.1 Å². The SMILES string of the molecule is O=C(Nc1cc(F)c(F)c(F)c1)NC1CCCCC1O. The second-order valence-electron chi connectivity index (χ2n) is 4.81. The second kappa shape index (κ2) is 6.13. The number of halogens is 3. The van der Waals surface area contributed by atoms with Crippen LogP contribution in [0.15, 0.2) is 12.1 Å². The third-order valence-electron chi connectivity index (χ3n) is 3.29. The molecule has 2 unspecified atom stereocenters. The largest absolute Gasteiger partial charge is 0.391 e. The van der Waals surface area contributed by atoms with Gasteiger partial charge in [-0.15, -0.1) is 0 Å². The van der Waals surface area contributed by atoms with Crippen LogP contribution in [0.1, 0.15) is 25.7 Å². The predicted molar refractivity (Wildman–Crippen MR) is 66.7 cm³/mol. The number of rotatable bonds is 2. The van der Waals surface area contributed by atoms with Gasteiger partial charge in [-0.05, 0) is 12.8 Å². The number of hydrogen-bond acceptors (Lipinski definition) is 2. The summed E-state index contributed by atoms with van der Waals surface area (Å²) in [5.74, 6) is -4.34. The van der Waals surface area contributed by atoms with E-state index < -0.39 is 29.6 Å². The summed E-state index contributed by atoms with van der Waals surface area (Å²) in [5.41, 5.74) is -0.191. The number of anilines is 1. The van der Waals surface area contributed by atoms with Gasteiger partial charge < -0.3 is 15.7 Å². The van der Waals surface area contributed by atoms with Gasteiger partial charge in [0, 0.05) is 17.8 Å². The van der Waals surface area contributed by atoms with Crippen molar-refractivity contribution in [3.05, 3.63) is 29.6 Å². The summed E-state index contributed by atoms with van der Waals surface area (Å²) >= 11 is 0. The molecule has 0 aliphatic heterocycles. The first-order valence-electron chi connectivity index (χ1n) is 6.37. The van der Waals surface area contributed by atoms with Gasteiger partial charge in [0.25, 0.3) is 0 Å². The van der Waals surface area contributed by atoms with Crippen molar-refractivity contribution >= 4 is 11.7 Å². The maximum absolute atomic E-state index is 13.0. The summed E-state index contributed by atoms with van der Waals surface area (Å²) in [4.78, 5) is 11.7. The van der Waals surface area contributed by atoms with Gasteiger partial charge in [0.1, 0.15) is 0 Å². The number of urea groups is 1. The lowest BCUT2D eigenvalue weighted by atomic mass is 9.93. The van der Waals surface area contributed by atoms with E-state index in [4.69, 9.17) is 0 Å². The van der Waals surface area contributed by atoms with Gasteiger partial charge in [-0.25, -0.2) is 18.0 Å². The Labute approximate surface area is 114 Å². The van der Waals surface area contributed by atoms with Crippen LogP contribution >= 0.6 is 0 Å². The fourth-order valence-electron chi connectivity index (χ4n) is 2.24. The van der Waals surface area contributed by atoms with Crippen LogP contribution in [-0.4, -0.2) is 23.3 Å². The molecule has 2 rings (SSSR count). The molecule has 4 nitrogen and oxygen atoms in total. The maximum atomic E-state index is 13.0. The summed E-state index contributed by atoms with van der Waals surface area (Å²) in [6.07, 6.45) is 2.40. The van der Waals surface area contributed by atoms with Crippen molar-refractivity contribution in [2.24, 2.45) is 0 Å². The normalized spacial score (nSPS) is 22.4. The Morgan fingerprint density at radius 3 is 2.35 bits per heavy atom. The number of aliphatic hydroxyl groups excluding tert-OH is 1. The lowest BCUT2D eigenvalue weighted by Gasteiger charge is -2.28. The standard InChI is InChI=1S/C13H15F3N2O2/c14-8-5-7(6-9(15)12(8)16)17-13(20)18-10-3-1-2-4-11(10)19/h5-6,10-11,19H,1-4H2,(H2,17,18,20). The number of amides is 2. The first-order chi connectivity index (χ1) is 9.47. The highest BCUT2D eigenvalue weighted by molar-refractivity contribution is 5.89. The fraction of sp³-hybridized carbons (Fsp3) is 0.462. The summed E-state index contributed by atoms with van der Waals surface area (Å²) in [7, 11) is 0. The molecular formula is C13H15F3N2O2. The van der Waals surface area contributed by atoms with Crippen LogP contribution in [0.3, 0.4) is 0 Å². The molecule has 2 atom stereocenters. The Kier molecular flexibility index (Phi) is 4.49. The molecule has 110 valence electrons. The van der Waals surface area contributed by atoms with Crippen molar-refractivity contribution < 1.29 is 23.1 Å². The minimum absolute atomic E-state index is 0.191. The minimum atomic E-state index is -1.58. The molecule has 0 spiro atoms. The zero-order chi connectivity index (χ0) is 14.7. The first-order valence-corrected chi connectivity index (χ1v) is 6.37. The van der Waals surface area contributed by atoms with Crippen molar-refractivity contribution in [1.82, 2.24) is 5.32 Å². The summed E-state index contributed by atoms with van der Waals surface area (Å²) in [5, 5.41) is 14.4. The molecule has 20 heavy (non-hydrogen) atoms. The Morgan fingerprint density at radius 2 is 1.75 bits per heavy atom. The van der Waals surface area contributed by atoms with Crippen LogP contribution in [0, 0.1) is 17.5 Å². The molecule has 0 bridgehead atoms. The van der Waals surface area contributed by atoms with Crippen LogP contribution in [0.4, 0.5) is 23.7 Å². The van der Waals surface area contributed by atoms with Gasteiger partial charge in [-0.1, -0.05) is 12.8 Å². The molecule has 1 aliphatic carbocycles. The third-order valence-corrected chi connectivity index (χ3v) is 3.29. The van der Waals surface area contributed by atoms with E-state index in [-0.39, 0.29) is 11.7 Å². The number of benzene rings is 1. The van der Waals surface area contributed by atoms with Crippen LogP contribution < -0.4 is 10.6 Å². The number of nitrogens with one attached hydrogen (secondary N) is 2. The average molecular weight is 288 g/mol. The Bertz CT molecular complexity index is 487. The molecule has 1 saturated carbocycles. The molecule has 1 aromatic rings. The van der Waals surface area contributed by atoms with Gasteiger partial charge in [-0.2, -0.15) is 0 Å². The lowest BCUT2D eigenvalue weighted by Crippen LogP contribution is -2.46. The molecule has 0 aromatic heterocycles. The third kappa shape index (κ3) is 3.41. The quantitative estimate of drug-likeness (QED) is 0.732. The molecule has 1 fully saturated rings. The van der Waals surface area contributed by atoms with Gasteiger partial charge >= 0.3 is 6.03 Å². The monoisotopic (exact) mass is 288 g/mol. The molecular weight excluding hydrogens is 273 g/mol. The molecule has 1 aliphatic rings. The fourth-order valence-corrected chi connectivity index (χ4v) is 2.24. The highest BCUT2D eigenvalue weighted by Gasteiger charge is 2.24. The Balaban J connectivity index is 1.97. The van der Waals surface area contributed by atoms with E-state index in [9.17, 15) is 23.1 Å². The molecule has 1 aromatic carbocycles. The zero-order valence-corrected chi connectivity index (χ0v) is 10.6. The molecule has 2 amide bonds. The van der Waals surface area contributed by atoms with E-state index >= 15 is 0 Å². The lowest BCUT2D eigenvalue weighted by molar-refractivity contribution is 0.0955. The second-order valence-corrected chi connectivity index (χ2v) is 4.81. The highest BCUT2D eigenvalue weighted by atomic mass is 19.2. The van der Waals surface area contributed by atoms with Gasteiger partial charge in [-0.3, -0.25) is 0 Å². The van der Waals surface area contributed by atoms with Crippen LogP contribution in [0.25, 0.3) is 0 Å². The molecule has 7 heteroatoms. The Hall–Kier alpha value is -1.76. The van der Waals surface area contributed by atoms with E-state index in [1.165, 1.54) is 0 Å².